The van der Waals surface area contributed by atoms with E-state index in [1.807, 2.05) is 13.8 Å². The normalized spacial score (nSPS) is 11.3. The van der Waals surface area contributed by atoms with E-state index in [2.05, 4.69) is 4.42 Å². The predicted octanol–water partition coefficient (Wildman–Crippen LogP) is 2.14. The molecule has 0 fully saturated rings. The number of nitrogens with zero attached hydrogens (tertiary/aromatic N) is 1. The molecule has 0 aliphatic heterocycles. The fourth-order valence-corrected chi connectivity index (χ4v) is 1.79. The van der Waals surface area contributed by atoms with Gasteiger partial charge in [0, 0.05) is 6.54 Å². The molecule has 0 aliphatic carbocycles. The second-order valence-electron chi connectivity index (χ2n) is 4.65. The number of hydrogen-bond donors (Lipinski definition) is 0. The molecule has 0 aliphatic rings. The molecule has 1 heterocycles. The van der Waals surface area contributed by atoms with E-state index in [0.29, 0.717) is 12.5 Å². The zero-order valence-corrected chi connectivity index (χ0v) is 10.3. The molecule has 0 atom stereocenters. The lowest BCUT2D eigenvalue weighted by Crippen LogP contribution is -2.25. The smallest absolute Gasteiger partial charge is 0.372 e. The highest BCUT2D eigenvalue weighted by atomic mass is 19.1. The average molecular weight is 251 g/mol. The summed E-state index contributed by atoms with van der Waals surface area (Å²) in [5.74, 6) is -0.822. The zero-order valence-electron chi connectivity index (χ0n) is 10.3. The number of benzene rings is 1. The summed E-state index contributed by atoms with van der Waals surface area (Å²) in [6.07, 6.45) is 0.749. The first-order valence-corrected chi connectivity index (χ1v) is 5.82. The molecule has 0 N–H and O–H groups in total. The summed E-state index contributed by atoms with van der Waals surface area (Å²) in [4.78, 5) is 23.2. The largest absolute Gasteiger partial charge is 0.422 e. The van der Waals surface area contributed by atoms with E-state index < -0.39 is 17.2 Å². The van der Waals surface area contributed by atoms with Crippen LogP contribution in [0, 0.1) is 11.7 Å². The van der Waals surface area contributed by atoms with E-state index in [1.165, 1.54) is 22.8 Å². The second-order valence-corrected chi connectivity index (χ2v) is 4.65. The Hall–Kier alpha value is -1.91. The number of hydrogen-bond acceptors (Lipinski definition) is 3. The Morgan fingerprint density at radius 1 is 1.33 bits per heavy atom. The lowest BCUT2D eigenvalue weighted by Gasteiger charge is -2.09. The highest BCUT2D eigenvalue weighted by molar-refractivity contribution is 5.77. The third-order valence-electron chi connectivity index (χ3n) is 2.80. The summed E-state index contributed by atoms with van der Waals surface area (Å²) in [5, 5.41) is 0.222. The topological polar surface area (TPSA) is 52.2 Å². The molecule has 2 aromatic rings. The van der Waals surface area contributed by atoms with Crippen LogP contribution >= 0.6 is 0 Å². The first-order valence-electron chi connectivity index (χ1n) is 5.82. The molecule has 5 heteroatoms. The molecule has 0 saturated carbocycles. The fraction of sp³-hybridized carbons (Fsp3) is 0.385. The first-order chi connectivity index (χ1) is 8.49. The van der Waals surface area contributed by atoms with Crippen LogP contribution in [0.1, 0.15) is 20.3 Å². The molecule has 0 unspecified atom stereocenters. The van der Waals surface area contributed by atoms with E-state index in [9.17, 15) is 14.0 Å². The Morgan fingerprint density at radius 3 is 2.72 bits per heavy atom. The summed E-state index contributed by atoms with van der Waals surface area (Å²) in [7, 11) is 0. The summed E-state index contributed by atoms with van der Waals surface area (Å²) < 4.78 is 19.2. The quantitative estimate of drug-likeness (QED) is 0.839. The first kappa shape index (κ1) is 12.5. The van der Waals surface area contributed by atoms with Crippen molar-refractivity contribution in [3.8, 4) is 0 Å². The Bertz CT molecular complexity index is 685. The van der Waals surface area contributed by atoms with Crippen LogP contribution in [0.3, 0.4) is 0 Å². The lowest BCUT2D eigenvalue weighted by atomic mass is 10.1. The zero-order chi connectivity index (χ0) is 13.3. The maximum absolute atomic E-state index is 13.2. The number of fused-ring (bicyclic) bond motifs is 1. The lowest BCUT2D eigenvalue weighted by molar-refractivity contribution is 0.399. The summed E-state index contributed by atoms with van der Waals surface area (Å²) in [6, 6.07) is 3.70. The van der Waals surface area contributed by atoms with Gasteiger partial charge in [-0.3, -0.25) is 4.57 Å². The Balaban J connectivity index is 2.67. The SMILES string of the molecule is CC(C)CCn1c(=O)oc(=O)c2ccc(F)cc21. The monoisotopic (exact) mass is 251 g/mol. The molecular weight excluding hydrogens is 237 g/mol. The van der Waals surface area contributed by atoms with Crippen molar-refractivity contribution in [2.24, 2.45) is 5.92 Å². The highest BCUT2D eigenvalue weighted by Crippen LogP contribution is 2.12. The van der Waals surface area contributed by atoms with E-state index >= 15 is 0 Å². The van der Waals surface area contributed by atoms with Gasteiger partial charge < -0.3 is 4.42 Å². The van der Waals surface area contributed by atoms with Gasteiger partial charge in [-0.25, -0.2) is 14.0 Å². The van der Waals surface area contributed by atoms with Crippen molar-refractivity contribution in [2.45, 2.75) is 26.8 Å². The van der Waals surface area contributed by atoms with Gasteiger partial charge in [0.1, 0.15) is 5.82 Å². The molecule has 18 heavy (non-hydrogen) atoms. The van der Waals surface area contributed by atoms with Crippen molar-refractivity contribution >= 4 is 10.9 Å². The number of halogens is 1. The van der Waals surface area contributed by atoms with Crippen LogP contribution in [-0.2, 0) is 6.54 Å². The van der Waals surface area contributed by atoms with Gasteiger partial charge in [-0.05, 0) is 30.5 Å². The Morgan fingerprint density at radius 2 is 2.06 bits per heavy atom. The van der Waals surface area contributed by atoms with Gasteiger partial charge in [-0.1, -0.05) is 13.8 Å². The fourth-order valence-electron chi connectivity index (χ4n) is 1.79. The predicted molar refractivity (Wildman–Crippen MR) is 66.2 cm³/mol. The molecule has 0 saturated heterocycles. The van der Waals surface area contributed by atoms with Crippen LogP contribution in [-0.4, -0.2) is 4.57 Å². The average Bonchev–Trinajstić information content (AvgIpc) is 2.27. The van der Waals surface area contributed by atoms with Crippen LogP contribution < -0.4 is 11.4 Å². The van der Waals surface area contributed by atoms with Gasteiger partial charge >= 0.3 is 11.4 Å². The summed E-state index contributed by atoms with van der Waals surface area (Å²) in [6.45, 7) is 4.44. The minimum absolute atomic E-state index is 0.222. The Labute approximate surface area is 103 Å². The molecule has 1 aromatic carbocycles. The van der Waals surface area contributed by atoms with Crippen molar-refractivity contribution in [2.75, 3.05) is 0 Å². The highest BCUT2D eigenvalue weighted by Gasteiger charge is 2.10. The van der Waals surface area contributed by atoms with Crippen LogP contribution in [0.15, 0.2) is 32.2 Å². The molecule has 0 spiro atoms. The maximum Gasteiger partial charge on any atom is 0.422 e. The van der Waals surface area contributed by atoms with E-state index in [4.69, 9.17) is 0 Å². The minimum Gasteiger partial charge on any atom is -0.372 e. The molecule has 0 bridgehead atoms. The van der Waals surface area contributed by atoms with Gasteiger partial charge in [0.25, 0.3) is 0 Å². The van der Waals surface area contributed by atoms with Gasteiger partial charge in [0.15, 0.2) is 0 Å². The van der Waals surface area contributed by atoms with Gasteiger partial charge in [-0.15, -0.1) is 0 Å². The van der Waals surface area contributed by atoms with Crippen molar-refractivity contribution < 1.29 is 8.81 Å². The molecule has 2 rings (SSSR count). The van der Waals surface area contributed by atoms with Gasteiger partial charge in [-0.2, -0.15) is 0 Å². The van der Waals surface area contributed by atoms with Gasteiger partial charge in [0.05, 0.1) is 10.9 Å². The number of aromatic nitrogens is 1. The number of aryl methyl sites for hydroxylation is 1. The molecular formula is C13H14FNO3. The van der Waals surface area contributed by atoms with Crippen molar-refractivity contribution in [3.05, 3.63) is 45.0 Å². The van der Waals surface area contributed by atoms with Gasteiger partial charge in [0.2, 0.25) is 0 Å². The molecule has 0 amide bonds. The van der Waals surface area contributed by atoms with Crippen molar-refractivity contribution in [1.29, 1.82) is 0 Å². The van der Waals surface area contributed by atoms with Crippen LogP contribution in [0.2, 0.25) is 0 Å². The minimum atomic E-state index is -0.737. The molecule has 96 valence electrons. The van der Waals surface area contributed by atoms with Crippen LogP contribution in [0.5, 0.6) is 0 Å². The molecule has 4 nitrogen and oxygen atoms in total. The molecule has 0 radical (unpaired) electrons. The summed E-state index contributed by atoms with van der Waals surface area (Å²) in [5.41, 5.74) is -0.437. The van der Waals surface area contributed by atoms with Crippen LogP contribution in [0.25, 0.3) is 10.9 Å². The van der Waals surface area contributed by atoms with E-state index in [0.717, 1.165) is 6.42 Å². The second kappa shape index (κ2) is 4.76. The van der Waals surface area contributed by atoms with Crippen molar-refractivity contribution in [3.63, 3.8) is 0 Å². The third-order valence-corrected chi connectivity index (χ3v) is 2.80. The molecule has 1 aromatic heterocycles. The van der Waals surface area contributed by atoms with E-state index in [1.54, 1.807) is 0 Å². The number of rotatable bonds is 3. The van der Waals surface area contributed by atoms with Crippen molar-refractivity contribution in [1.82, 2.24) is 4.57 Å². The standard InChI is InChI=1S/C13H14FNO3/c1-8(2)5-6-15-11-7-9(14)3-4-10(11)12(16)18-13(15)17/h3-4,7-8H,5-6H2,1-2H3. The van der Waals surface area contributed by atoms with E-state index in [-0.39, 0.29) is 10.9 Å². The third kappa shape index (κ3) is 2.34. The Kier molecular flexibility index (Phi) is 3.32. The summed E-state index contributed by atoms with van der Waals surface area (Å²) >= 11 is 0. The maximum atomic E-state index is 13.2. The van der Waals surface area contributed by atoms with Crippen LogP contribution in [0.4, 0.5) is 4.39 Å².